The van der Waals surface area contributed by atoms with Crippen molar-refractivity contribution in [2.24, 2.45) is 13.0 Å². The lowest BCUT2D eigenvalue weighted by atomic mass is 9.94. The predicted octanol–water partition coefficient (Wildman–Crippen LogP) is 5.14. The number of carbonyl (C=O) groups excluding carboxylic acids is 1. The Bertz CT molecular complexity index is 1420. The molecule has 190 valence electrons. The molecule has 7 nitrogen and oxygen atoms in total. The molecule has 2 unspecified atom stereocenters. The summed E-state index contributed by atoms with van der Waals surface area (Å²) in [5, 5.41) is 2.55. The maximum Gasteiger partial charge on any atom is 0.272 e. The molecular weight excluding hydrogens is 486 g/mol. The number of carbonyl (C=O) groups is 1. The molecule has 0 spiro atoms. The second-order valence-corrected chi connectivity index (χ2v) is 10.7. The van der Waals surface area contributed by atoms with Crippen molar-refractivity contribution in [3.8, 4) is 5.75 Å². The smallest absolute Gasteiger partial charge is 0.272 e. The van der Waals surface area contributed by atoms with E-state index in [4.69, 9.17) is 9.52 Å². The summed E-state index contributed by atoms with van der Waals surface area (Å²) < 4.78 is 58.4. The Morgan fingerprint density at radius 2 is 1.94 bits per heavy atom. The molecule has 0 radical (unpaired) electrons. The molecule has 2 heterocycles. The number of methoxy groups -OCH3 is 1. The zero-order chi connectivity index (χ0) is 26.0. The number of aryl methyl sites for hydroxylation is 2. The SMILES string of the molecule is COc1ccc(CC[C@H](C)C2C=Cc3c(cn(C)c3C(=O)Nc3ccc(F)c(F)c3)S(=N)(=O)N2)cc1. The van der Waals surface area contributed by atoms with Gasteiger partial charge in [0.15, 0.2) is 11.6 Å². The molecule has 0 bridgehead atoms. The quantitative estimate of drug-likeness (QED) is 0.407. The highest BCUT2D eigenvalue weighted by Crippen LogP contribution is 2.29. The zero-order valence-electron chi connectivity index (χ0n) is 20.2. The van der Waals surface area contributed by atoms with Gasteiger partial charge in [-0.25, -0.2) is 22.5 Å². The van der Waals surface area contributed by atoms with Crippen molar-refractivity contribution in [1.29, 1.82) is 4.78 Å². The summed E-state index contributed by atoms with van der Waals surface area (Å²) in [6.07, 6.45) is 6.61. The average Bonchev–Trinajstić information content (AvgIpc) is 3.13. The molecule has 3 atom stereocenters. The van der Waals surface area contributed by atoms with E-state index in [1.165, 1.54) is 16.8 Å². The molecular formula is C26H28F2N4O3S. The van der Waals surface area contributed by atoms with Gasteiger partial charge >= 0.3 is 0 Å². The van der Waals surface area contributed by atoms with Crippen LogP contribution in [-0.4, -0.2) is 27.8 Å². The Morgan fingerprint density at radius 1 is 1.22 bits per heavy atom. The van der Waals surface area contributed by atoms with Crippen molar-refractivity contribution in [3.63, 3.8) is 0 Å². The van der Waals surface area contributed by atoms with E-state index in [1.54, 1.807) is 20.2 Å². The van der Waals surface area contributed by atoms with Crippen LogP contribution in [0.5, 0.6) is 5.75 Å². The third kappa shape index (κ3) is 5.34. The fourth-order valence-corrected chi connectivity index (χ4v) is 5.82. The summed E-state index contributed by atoms with van der Waals surface area (Å²) in [5.41, 5.74) is 1.75. The van der Waals surface area contributed by atoms with Crippen LogP contribution >= 0.6 is 0 Å². The number of hydrogen-bond acceptors (Lipinski definition) is 4. The minimum Gasteiger partial charge on any atom is -0.497 e. The van der Waals surface area contributed by atoms with E-state index >= 15 is 0 Å². The maximum absolute atomic E-state index is 13.6. The number of halogens is 2. The molecule has 0 fully saturated rings. The summed E-state index contributed by atoms with van der Waals surface area (Å²) in [5.74, 6) is -1.85. The molecule has 3 aromatic rings. The zero-order valence-corrected chi connectivity index (χ0v) is 21.0. The third-order valence-corrected chi connectivity index (χ3v) is 7.87. The van der Waals surface area contributed by atoms with Gasteiger partial charge in [0.25, 0.3) is 5.91 Å². The molecule has 10 heteroatoms. The van der Waals surface area contributed by atoms with Crippen molar-refractivity contribution >= 4 is 27.6 Å². The summed E-state index contributed by atoms with van der Waals surface area (Å²) >= 11 is 0. The first-order valence-electron chi connectivity index (χ1n) is 11.4. The molecule has 4 rings (SSSR count). The Labute approximate surface area is 209 Å². The summed E-state index contributed by atoms with van der Waals surface area (Å²) in [7, 11) is -0.200. The summed E-state index contributed by atoms with van der Waals surface area (Å²) in [6.45, 7) is 2.02. The fraction of sp³-hybridized carbons (Fsp3) is 0.269. The van der Waals surface area contributed by atoms with Crippen LogP contribution in [0.2, 0.25) is 0 Å². The number of aromatic nitrogens is 1. The molecule has 2 aromatic carbocycles. The van der Waals surface area contributed by atoms with Crippen molar-refractivity contribution in [3.05, 3.63) is 83.2 Å². The van der Waals surface area contributed by atoms with Crippen molar-refractivity contribution in [2.75, 3.05) is 12.4 Å². The first kappa shape index (κ1) is 25.6. The summed E-state index contributed by atoms with van der Waals surface area (Å²) in [4.78, 5) is 13.2. The first-order valence-corrected chi connectivity index (χ1v) is 13.0. The number of nitrogens with zero attached hydrogens (tertiary/aromatic N) is 1. The molecule has 1 aromatic heterocycles. The Balaban J connectivity index is 1.55. The molecule has 3 N–H and O–H groups in total. The van der Waals surface area contributed by atoms with Gasteiger partial charge < -0.3 is 14.6 Å². The van der Waals surface area contributed by atoms with Crippen LogP contribution in [0.1, 0.15) is 35.0 Å². The highest BCUT2D eigenvalue weighted by Gasteiger charge is 2.30. The Hall–Kier alpha value is -3.50. The molecule has 1 amide bonds. The fourth-order valence-electron chi connectivity index (χ4n) is 4.22. The minimum atomic E-state index is -3.42. The number of nitrogens with one attached hydrogen (secondary N) is 3. The lowest BCUT2D eigenvalue weighted by molar-refractivity contribution is 0.101. The monoisotopic (exact) mass is 514 g/mol. The van der Waals surface area contributed by atoms with Crippen LogP contribution in [0.3, 0.4) is 0 Å². The lowest BCUT2D eigenvalue weighted by Gasteiger charge is -2.22. The molecule has 0 saturated heterocycles. The van der Waals surface area contributed by atoms with Crippen LogP contribution in [0.25, 0.3) is 6.08 Å². The minimum absolute atomic E-state index is 0.0479. The van der Waals surface area contributed by atoms with Gasteiger partial charge in [0.1, 0.15) is 21.4 Å². The Morgan fingerprint density at radius 3 is 2.61 bits per heavy atom. The number of ether oxygens (including phenoxy) is 1. The molecule has 1 aliphatic heterocycles. The van der Waals surface area contributed by atoms with E-state index in [1.807, 2.05) is 37.3 Å². The molecule has 36 heavy (non-hydrogen) atoms. The van der Waals surface area contributed by atoms with E-state index < -0.39 is 27.5 Å². The van der Waals surface area contributed by atoms with E-state index in [-0.39, 0.29) is 28.2 Å². The van der Waals surface area contributed by atoms with Crippen LogP contribution < -0.4 is 14.8 Å². The normalized spacial score (nSPS) is 19.9. The number of hydrogen-bond donors (Lipinski definition) is 3. The summed E-state index contributed by atoms with van der Waals surface area (Å²) in [6, 6.07) is 10.5. The largest absolute Gasteiger partial charge is 0.497 e. The average molecular weight is 515 g/mol. The van der Waals surface area contributed by atoms with Crippen LogP contribution in [0.4, 0.5) is 14.5 Å². The van der Waals surface area contributed by atoms with E-state index in [0.717, 1.165) is 36.3 Å². The third-order valence-electron chi connectivity index (χ3n) is 6.32. The van der Waals surface area contributed by atoms with Crippen LogP contribution in [0, 0.1) is 22.3 Å². The predicted molar refractivity (Wildman–Crippen MR) is 135 cm³/mol. The first-order chi connectivity index (χ1) is 17.1. The van der Waals surface area contributed by atoms with Gasteiger partial charge in [-0.1, -0.05) is 31.2 Å². The number of benzene rings is 2. The number of rotatable bonds is 7. The molecule has 0 saturated carbocycles. The molecule has 0 aliphatic carbocycles. The van der Waals surface area contributed by atoms with Crippen LogP contribution in [-0.2, 0) is 23.4 Å². The molecule has 1 aliphatic rings. The van der Waals surface area contributed by atoms with E-state index in [2.05, 4.69) is 10.0 Å². The van der Waals surface area contributed by atoms with Gasteiger partial charge in [-0.05, 0) is 48.6 Å². The van der Waals surface area contributed by atoms with Gasteiger partial charge in [-0.15, -0.1) is 0 Å². The standard InChI is InChI=1S/C26H28F2N4O3S/c1-16(4-5-17-6-9-19(35-3)10-7-17)23-13-11-20-24(36(29,34)31-23)15-32(2)25(20)26(33)30-18-8-12-21(27)22(28)14-18/h6-16,23H,4-5H2,1-3H3,(H,30,33)(H2,29,31,34)/t16-,23?,36?/m0/s1. The maximum atomic E-state index is 13.6. The topological polar surface area (TPSA) is 96.2 Å². The second kappa shape index (κ2) is 10.2. The van der Waals surface area contributed by atoms with Crippen molar-refractivity contribution in [2.45, 2.75) is 30.7 Å². The Kier molecular flexibility index (Phi) is 7.28. The van der Waals surface area contributed by atoms with E-state index in [0.29, 0.717) is 5.56 Å². The van der Waals surface area contributed by atoms with Gasteiger partial charge in [-0.3, -0.25) is 4.79 Å². The highest BCUT2D eigenvalue weighted by molar-refractivity contribution is 7.90. The number of amides is 1. The number of anilines is 1. The highest BCUT2D eigenvalue weighted by atomic mass is 32.2. The van der Waals surface area contributed by atoms with E-state index in [9.17, 15) is 17.8 Å². The van der Waals surface area contributed by atoms with Crippen molar-refractivity contribution < 1.29 is 22.5 Å². The van der Waals surface area contributed by atoms with Gasteiger partial charge in [0.05, 0.1) is 12.0 Å². The van der Waals surface area contributed by atoms with Crippen molar-refractivity contribution in [1.82, 2.24) is 9.29 Å². The lowest BCUT2D eigenvalue weighted by Crippen LogP contribution is -2.36. The van der Waals surface area contributed by atoms with Gasteiger partial charge in [0, 0.05) is 36.6 Å². The van der Waals surface area contributed by atoms with Gasteiger partial charge in [-0.2, -0.15) is 0 Å². The van der Waals surface area contributed by atoms with Crippen LogP contribution in [0.15, 0.2) is 59.6 Å². The second-order valence-electron chi connectivity index (χ2n) is 8.87. The number of fused-ring (bicyclic) bond motifs is 1. The van der Waals surface area contributed by atoms with Gasteiger partial charge in [0.2, 0.25) is 0 Å².